The van der Waals surface area contributed by atoms with Crippen LogP contribution in [0.25, 0.3) is 10.8 Å². The van der Waals surface area contributed by atoms with Crippen molar-refractivity contribution < 1.29 is 0 Å². The molecule has 0 saturated carbocycles. The van der Waals surface area contributed by atoms with Crippen molar-refractivity contribution in [3.05, 3.63) is 36.5 Å². The highest BCUT2D eigenvalue weighted by molar-refractivity contribution is 5.83. The number of benzene rings is 1. The number of fused-ring (bicyclic) bond motifs is 1. The lowest BCUT2D eigenvalue weighted by Crippen LogP contribution is -2.31. The molecular weight excluding hydrogens is 246 g/mol. The Bertz CT molecular complexity index is 561. The Morgan fingerprint density at radius 2 is 1.95 bits per heavy atom. The summed E-state index contributed by atoms with van der Waals surface area (Å²) in [6.45, 7) is 5.87. The quantitative estimate of drug-likeness (QED) is 0.900. The van der Waals surface area contributed by atoms with E-state index in [1.807, 2.05) is 6.20 Å². The highest BCUT2D eigenvalue weighted by Gasteiger charge is 2.17. The van der Waals surface area contributed by atoms with Crippen LogP contribution in [0.3, 0.4) is 0 Å². The molecule has 0 amide bonds. The van der Waals surface area contributed by atoms with Gasteiger partial charge >= 0.3 is 0 Å². The molecule has 0 bridgehead atoms. The molecule has 1 aliphatic rings. The number of likely N-dealkylation sites (tertiary alicyclic amines) is 1. The van der Waals surface area contributed by atoms with Crippen LogP contribution in [0.1, 0.15) is 26.2 Å². The molecule has 3 rings (SSSR count). The fourth-order valence-corrected chi connectivity index (χ4v) is 2.95. The van der Waals surface area contributed by atoms with Crippen molar-refractivity contribution in [2.24, 2.45) is 0 Å². The molecule has 3 heteroatoms. The number of aromatic nitrogens is 1. The molecule has 1 N–H and O–H groups in total. The van der Waals surface area contributed by atoms with Crippen LogP contribution < -0.4 is 5.32 Å². The molecule has 1 aromatic carbocycles. The molecule has 2 aromatic rings. The van der Waals surface area contributed by atoms with Crippen molar-refractivity contribution >= 4 is 16.6 Å². The van der Waals surface area contributed by atoms with E-state index in [1.54, 1.807) is 0 Å². The zero-order chi connectivity index (χ0) is 13.8. The van der Waals surface area contributed by atoms with Crippen LogP contribution in [-0.2, 0) is 0 Å². The predicted octanol–water partition coefficient (Wildman–Crippen LogP) is 3.52. The lowest BCUT2D eigenvalue weighted by atomic mass is 10.2. The lowest BCUT2D eigenvalue weighted by Gasteiger charge is -2.23. The second-order valence-electron chi connectivity index (χ2n) is 5.72. The number of nitrogens with zero attached hydrogens (tertiary/aromatic N) is 2. The average molecular weight is 269 g/mol. The Kier molecular flexibility index (Phi) is 4.16. The summed E-state index contributed by atoms with van der Waals surface area (Å²) in [5.41, 5.74) is 0. The van der Waals surface area contributed by atoms with Crippen LogP contribution in [0.2, 0.25) is 0 Å². The van der Waals surface area contributed by atoms with E-state index in [0.717, 1.165) is 12.4 Å². The van der Waals surface area contributed by atoms with E-state index in [1.165, 1.54) is 43.1 Å². The van der Waals surface area contributed by atoms with Gasteiger partial charge in [-0.05, 0) is 50.7 Å². The molecule has 1 aliphatic heterocycles. The molecule has 0 unspecified atom stereocenters. The largest absolute Gasteiger partial charge is 0.370 e. The third-order valence-electron chi connectivity index (χ3n) is 4.26. The van der Waals surface area contributed by atoms with Crippen molar-refractivity contribution in [1.29, 1.82) is 0 Å². The van der Waals surface area contributed by atoms with Crippen LogP contribution in [0, 0.1) is 0 Å². The van der Waals surface area contributed by atoms with Gasteiger partial charge in [0.1, 0.15) is 5.82 Å². The summed E-state index contributed by atoms with van der Waals surface area (Å²) in [5, 5.41) is 5.90. The first-order valence-corrected chi connectivity index (χ1v) is 7.65. The van der Waals surface area contributed by atoms with Gasteiger partial charge in [-0.15, -0.1) is 0 Å². The second-order valence-corrected chi connectivity index (χ2v) is 5.72. The third-order valence-corrected chi connectivity index (χ3v) is 4.26. The minimum Gasteiger partial charge on any atom is -0.370 e. The molecule has 2 heterocycles. The minimum atomic E-state index is 0.672. The van der Waals surface area contributed by atoms with E-state index >= 15 is 0 Å². The number of pyridine rings is 1. The van der Waals surface area contributed by atoms with E-state index < -0.39 is 0 Å². The first-order valence-electron chi connectivity index (χ1n) is 7.65. The lowest BCUT2D eigenvalue weighted by molar-refractivity contribution is 0.251. The van der Waals surface area contributed by atoms with Gasteiger partial charge in [0.2, 0.25) is 0 Å². The fraction of sp³-hybridized carbons (Fsp3) is 0.471. The van der Waals surface area contributed by atoms with Gasteiger partial charge in [-0.25, -0.2) is 4.98 Å². The molecular formula is C17H23N3. The summed E-state index contributed by atoms with van der Waals surface area (Å²) in [7, 11) is 0. The molecule has 0 spiro atoms. The van der Waals surface area contributed by atoms with Gasteiger partial charge in [-0.1, -0.05) is 24.3 Å². The predicted molar refractivity (Wildman–Crippen MR) is 85.1 cm³/mol. The highest BCUT2D eigenvalue weighted by Crippen LogP contribution is 2.17. The summed E-state index contributed by atoms with van der Waals surface area (Å²) < 4.78 is 0. The number of nitrogens with one attached hydrogen (secondary N) is 1. The maximum Gasteiger partial charge on any atom is 0.126 e. The van der Waals surface area contributed by atoms with Crippen LogP contribution in [0.15, 0.2) is 36.5 Å². The Labute approximate surface area is 121 Å². The monoisotopic (exact) mass is 269 g/mol. The van der Waals surface area contributed by atoms with E-state index in [4.69, 9.17) is 0 Å². The average Bonchev–Trinajstić information content (AvgIpc) is 3.01. The number of hydrogen-bond donors (Lipinski definition) is 1. The Morgan fingerprint density at radius 3 is 2.75 bits per heavy atom. The fourth-order valence-electron chi connectivity index (χ4n) is 2.95. The topological polar surface area (TPSA) is 28.2 Å². The normalized spacial score (nSPS) is 17.4. The summed E-state index contributed by atoms with van der Waals surface area (Å²) >= 11 is 0. The van der Waals surface area contributed by atoms with Crippen LogP contribution in [0.4, 0.5) is 5.82 Å². The maximum atomic E-state index is 4.48. The Hall–Kier alpha value is -1.61. The molecule has 0 radical (unpaired) electrons. The van der Waals surface area contributed by atoms with Crippen molar-refractivity contribution in [1.82, 2.24) is 9.88 Å². The number of anilines is 1. The van der Waals surface area contributed by atoms with Crippen molar-refractivity contribution in [2.45, 2.75) is 32.2 Å². The molecule has 1 fully saturated rings. The van der Waals surface area contributed by atoms with Gasteiger partial charge in [0.05, 0.1) is 0 Å². The summed E-state index contributed by atoms with van der Waals surface area (Å²) in [6, 6.07) is 11.2. The van der Waals surface area contributed by atoms with Gasteiger partial charge in [0.25, 0.3) is 0 Å². The van der Waals surface area contributed by atoms with Crippen LogP contribution in [0.5, 0.6) is 0 Å². The van der Waals surface area contributed by atoms with Crippen molar-refractivity contribution in [3.8, 4) is 0 Å². The van der Waals surface area contributed by atoms with E-state index in [-0.39, 0.29) is 0 Å². The Morgan fingerprint density at radius 1 is 1.20 bits per heavy atom. The molecule has 1 saturated heterocycles. The van der Waals surface area contributed by atoms with Crippen molar-refractivity contribution in [2.75, 3.05) is 25.0 Å². The van der Waals surface area contributed by atoms with E-state index in [9.17, 15) is 0 Å². The molecule has 0 aliphatic carbocycles. The molecule has 1 atom stereocenters. The van der Waals surface area contributed by atoms with Crippen LogP contribution in [-0.4, -0.2) is 35.6 Å². The standard InChI is InChI=1S/C17H23N3/c1-14(20-10-4-5-11-20)8-9-18-17-12-15-6-2-3-7-16(15)13-19-17/h2-3,6-7,12-14H,4-5,8-11H2,1H3,(H,18,19)/t14-/m0/s1. The summed E-state index contributed by atoms with van der Waals surface area (Å²) in [4.78, 5) is 7.07. The zero-order valence-corrected chi connectivity index (χ0v) is 12.2. The minimum absolute atomic E-state index is 0.672. The van der Waals surface area contributed by atoms with Gasteiger partial charge in [0.15, 0.2) is 0 Å². The second kappa shape index (κ2) is 6.23. The van der Waals surface area contributed by atoms with E-state index in [2.05, 4.69) is 52.5 Å². The summed E-state index contributed by atoms with van der Waals surface area (Å²) in [6.07, 6.45) is 5.85. The van der Waals surface area contributed by atoms with Crippen molar-refractivity contribution in [3.63, 3.8) is 0 Å². The van der Waals surface area contributed by atoms with Gasteiger partial charge < -0.3 is 10.2 Å². The third kappa shape index (κ3) is 3.10. The Balaban J connectivity index is 1.54. The molecule has 20 heavy (non-hydrogen) atoms. The smallest absolute Gasteiger partial charge is 0.126 e. The molecule has 1 aromatic heterocycles. The van der Waals surface area contributed by atoms with Gasteiger partial charge in [-0.3, -0.25) is 0 Å². The van der Waals surface area contributed by atoms with Gasteiger partial charge in [-0.2, -0.15) is 0 Å². The molecule has 106 valence electrons. The SMILES string of the molecule is C[C@@H](CCNc1cc2ccccc2cn1)N1CCCC1. The first-order chi connectivity index (χ1) is 9.83. The first kappa shape index (κ1) is 13.4. The number of rotatable bonds is 5. The van der Waals surface area contributed by atoms with Crippen LogP contribution >= 0.6 is 0 Å². The molecule has 3 nitrogen and oxygen atoms in total. The van der Waals surface area contributed by atoms with E-state index in [0.29, 0.717) is 6.04 Å². The maximum absolute atomic E-state index is 4.48. The zero-order valence-electron chi connectivity index (χ0n) is 12.2. The van der Waals surface area contributed by atoms with Gasteiger partial charge in [0, 0.05) is 24.2 Å². The number of hydrogen-bond acceptors (Lipinski definition) is 3. The summed E-state index contributed by atoms with van der Waals surface area (Å²) in [5.74, 6) is 0.984. The highest BCUT2D eigenvalue weighted by atomic mass is 15.2.